The van der Waals surface area contributed by atoms with Gasteiger partial charge in [0.25, 0.3) is 0 Å². The number of aliphatic hydroxyl groups excluding tert-OH is 1. The van der Waals surface area contributed by atoms with Crippen molar-refractivity contribution in [3.8, 4) is 0 Å². The second-order valence-corrected chi connectivity index (χ2v) is 2.54. The van der Waals surface area contributed by atoms with Crippen LogP contribution in [-0.4, -0.2) is 21.3 Å². The van der Waals surface area contributed by atoms with Crippen molar-refractivity contribution in [1.82, 2.24) is 9.55 Å². The van der Waals surface area contributed by atoms with E-state index in [1.165, 1.54) is 0 Å². The van der Waals surface area contributed by atoms with Crippen molar-refractivity contribution < 1.29 is 5.11 Å². The molecule has 0 fully saturated rings. The van der Waals surface area contributed by atoms with Gasteiger partial charge in [-0.15, -0.1) is 0 Å². The fourth-order valence-electron chi connectivity index (χ4n) is 0.970. The first-order chi connectivity index (χ1) is 5.34. The smallest absolute Gasteiger partial charge is 0.109 e. The molecular weight excluding hydrogens is 140 g/mol. The van der Waals surface area contributed by atoms with Crippen LogP contribution in [0.5, 0.6) is 0 Å². The first-order valence-electron chi connectivity index (χ1n) is 3.85. The Bertz CT molecular complexity index is 208. The van der Waals surface area contributed by atoms with Crippen molar-refractivity contribution >= 4 is 0 Å². The average molecular weight is 153 g/mol. The molecule has 1 aromatic heterocycles. The molecule has 0 atom stereocenters. The van der Waals surface area contributed by atoms with Crippen molar-refractivity contribution in [3.05, 3.63) is 18.2 Å². The van der Waals surface area contributed by atoms with Gasteiger partial charge in [0.05, 0.1) is 0 Å². The van der Waals surface area contributed by atoms with Gasteiger partial charge in [-0.05, 0) is 19.8 Å². The summed E-state index contributed by atoms with van der Waals surface area (Å²) in [7, 11) is 0. The number of aromatic nitrogens is 2. The molecule has 0 aliphatic heterocycles. The molecule has 0 aromatic carbocycles. The highest BCUT2D eigenvalue weighted by atomic mass is 16.2. The van der Waals surface area contributed by atoms with E-state index in [9.17, 15) is 0 Å². The molecule has 0 unspecified atom stereocenters. The minimum Gasteiger partial charge on any atom is -0.396 e. The third kappa shape index (κ3) is 2.35. The highest BCUT2D eigenvalue weighted by Gasteiger charge is 1.94. The van der Waals surface area contributed by atoms with Crippen molar-refractivity contribution in [2.75, 3.05) is 6.61 Å². The zero-order chi connectivity index (χ0) is 8.10. The molecule has 11 heavy (non-hydrogen) atoms. The van der Waals surface area contributed by atoms with Crippen LogP contribution in [-0.2, 0) is 6.54 Å². The summed E-state index contributed by atoms with van der Waals surface area (Å²) in [4.78, 5) is 3.97. The van der Waals surface area contributed by atoms with Gasteiger partial charge >= 0.3 is 0 Å². The van der Waals surface area contributed by atoms with Crippen LogP contribution in [0, 0.1) is 13.1 Å². The Labute approximate surface area is 66.7 Å². The van der Waals surface area contributed by atoms with Gasteiger partial charge < -0.3 is 9.67 Å². The zero-order valence-corrected chi connectivity index (χ0v) is 6.75. The SMILES string of the molecule is Cc1n[c]cn1CCCCO. The van der Waals surface area contributed by atoms with Crippen LogP contribution in [0.4, 0.5) is 0 Å². The van der Waals surface area contributed by atoms with Crippen molar-refractivity contribution in [2.45, 2.75) is 26.3 Å². The lowest BCUT2D eigenvalue weighted by Gasteiger charge is -2.02. The van der Waals surface area contributed by atoms with E-state index >= 15 is 0 Å². The molecule has 0 bridgehead atoms. The van der Waals surface area contributed by atoms with Gasteiger partial charge in [0.2, 0.25) is 0 Å². The second kappa shape index (κ2) is 4.13. The maximum Gasteiger partial charge on any atom is 0.109 e. The standard InChI is InChI=1S/C8H13N2O/c1-8-9-4-6-10(8)5-2-3-7-11/h6,11H,2-3,5,7H2,1H3. The van der Waals surface area contributed by atoms with Crippen molar-refractivity contribution in [1.29, 1.82) is 0 Å². The predicted molar refractivity (Wildman–Crippen MR) is 42.1 cm³/mol. The van der Waals surface area contributed by atoms with E-state index in [0.717, 1.165) is 25.2 Å². The monoisotopic (exact) mass is 153 g/mol. The molecular formula is C8H13N2O. The van der Waals surface area contributed by atoms with Gasteiger partial charge in [0.15, 0.2) is 0 Å². The van der Waals surface area contributed by atoms with Gasteiger partial charge in [-0.3, -0.25) is 0 Å². The van der Waals surface area contributed by atoms with Crippen LogP contribution in [0.1, 0.15) is 18.7 Å². The van der Waals surface area contributed by atoms with E-state index in [2.05, 4.69) is 11.2 Å². The number of aryl methyl sites for hydroxylation is 2. The number of rotatable bonds is 4. The lowest BCUT2D eigenvalue weighted by molar-refractivity contribution is 0.281. The molecule has 1 radical (unpaired) electrons. The lowest BCUT2D eigenvalue weighted by atomic mass is 10.3. The van der Waals surface area contributed by atoms with Crippen LogP contribution < -0.4 is 0 Å². The second-order valence-electron chi connectivity index (χ2n) is 2.54. The Balaban J connectivity index is 2.32. The van der Waals surface area contributed by atoms with Crippen LogP contribution in [0.15, 0.2) is 6.20 Å². The molecule has 3 heteroatoms. The molecule has 0 aliphatic rings. The predicted octanol–water partition coefficient (Wildman–Crippen LogP) is 0.764. The van der Waals surface area contributed by atoms with E-state index in [4.69, 9.17) is 5.11 Å². The molecule has 1 aromatic rings. The third-order valence-corrected chi connectivity index (χ3v) is 1.66. The highest BCUT2D eigenvalue weighted by molar-refractivity contribution is 4.86. The Morgan fingerprint density at radius 1 is 1.64 bits per heavy atom. The molecule has 0 aliphatic carbocycles. The molecule has 1 heterocycles. The number of unbranched alkanes of at least 4 members (excludes halogenated alkanes) is 1. The van der Waals surface area contributed by atoms with Gasteiger partial charge in [-0.25, -0.2) is 4.98 Å². The van der Waals surface area contributed by atoms with Crippen LogP contribution >= 0.6 is 0 Å². The summed E-state index contributed by atoms with van der Waals surface area (Å²) in [6, 6.07) is 0. The van der Waals surface area contributed by atoms with E-state index in [-0.39, 0.29) is 6.61 Å². The van der Waals surface area contributed by atoms with Gasteiger partial charge in [-0.2, -0.15) is 0 Å². The highest BCUT2D eigenvalue weighted by Crippen LogP contribution is 1.98. The number of imidazole rings is 1. The Kier molecular flexibility index (Phi) is 3.11. The third-order valence-electron chi connectivity index (χ3n) is 1.66. The van der Waals surface area contributed by atoms with Gasteiger partial charge in [0, 0.05) is 19.3 Å². The van der Waals surface area contributed by atoms with Crippen molar-refractivity contribution in [2.24, 2.45) is 0 Å². The average Bonchev–Trinajstić information content (AvgIpc) is 2.37. The molecule has 0 saturated carbocycles. The number of nitrogens with zero attached hydrogens (tertiary/aromatic N) is 2. The fraction of sp³-hybridized carbons (Fsp3) is 0.625. The molecule has 1 N–H and O–H groups in total. The number of hydrogen-bond donors (Lipinski definition) is 1. The molecule has 0 amide bonds. The summed E-state index contributed by atoms with van der Waals surface area (Å²) in [5.41, 5.74) is 0. The summed E-state index contributed by atoms with van der Waals surface area (Å²) in [5, 5.41) is 8.53. The van der Waals surface area contributed by atoms with E-state index in [1.807, 2.05) is 17.7 Å². The lowest BCUT2D eigenvalue weighted by Crippen LogP contribution is -1.99. The van der Waals surface area contributed by atoms with Gasteiger partial charge in [-0.1, -0.05) is 0 Å². The Morgan fingerprint density at radius 2 is 2.45 bits per heavy atom. The largest absolute Gasteiger partial charge is 0.396 e. The summed E-state index contributed by atoms with van der Waals surface area (Å²) < 4.78 is 2.04. The summed E-state index contributed by atoms with van der Waals surface area (Å²) in [6.45, 7) is 3.16. The first kappa shape index (κ1) is 8.27. The van der Waals surface area contributed by atoms with Crippen LogP contribution in [0.3, 0.4) is 0 Å². The summed E-state index contributed by atoms with van der Waals surface area (Å²) >= 11 is 0. The molecule has 3 nitrogen and oxygen atoms in total. The summed E-state index contributed by atoms with van der Waals surface area (Å²) in [5.74, 6) is 0.989. The molecule has 1 rings (SSSR count). The molecule has 0 saturated heterocycles. The minimum absolute atomic E-state index is 0.275. The molecule has 61 valence electrons. The van der Waals surface area contributed by atoms with Crippen LogP contribution in [0.2, 0.25) is 0 Å². The maximum absolute atomic E-state index is 8.53. The maximum atomic E-state index is 8.53. The van der Waals surface area contributed by atoms with Gasteiger partial charge in [0.1, 0.15) is 12.0 Å². The topological polar surface area (TPSA) is 38.0 Å². The number of hydrogen-bond acceptors (Lipinski definition) is 2. The quantitative estimate of drug-likeness (QED) is 0.649. The fourth-order valence-corrected chi connectivity index (χ4v) is 0.970. The van der Waals surface area contributed by atoms with Crippen molar-refractivity contribution in [3.63, 3.8) is 0 Å². The van der Waals surface area contributed by atoms with Crippen LogP contribution in [0.25, 0.3) is 0 Å². The zero-order valence-electron chi connectivity index (χ0n) is 6.75. The summed E-state index contributed by atoms with van der Waals surface area (Å²) in [6.07, 6.45) is 6.48. The minimum atomic E-state index is 0.275. The number of aliphatic hydroxyl groups is 1. The Morgan fingerprint density at radius 3 is 3.00 bits per heavy atom. The Hall–Kier alpha value is -0.830. The van der Waals surface area contributed by atoms with E-state index in [0.29, 0.717) is 0 Å². The van der Waals surface area contributed by atoms with E-state index in [1.54, 1.807) is 0 Å². The molecule has 0 spiro atoms. The normalized spacial score (nSPS) is 10.4. The van der Waals surface area contributed by atoms with E-state index < -0.39 is 0 Å². The first-order valence-corrected chi connectivity index (χ1v) is 3.85.